The van der Waals surface area contributed by atoms with E-state index in [0.717, 1.165) is 10.0 Å². The summed E-state index contributed by atoms with van der Waals surface area (Å²) in [5.41, 5.74) is 0.144. The first-order chi connectivity index (χ1) is 8.30. The van der Waals surface area contributed by atoms with Crippen LogP contribution in [-0.2, 0) is 4.79 Å². The summed E-state index contributed by atoms with van der Waals surface area (Å²) in [4.78, 5) is 23.1. The Morgan fingerprint density at radius 3 is 2.50 bits per heavy atom. The Hall–Kier alpha value is -1.36. The zero-order valence-corrected chi connectivity index (χ0v) is 12.2. The molecule has 0 aromatic heterocycles. The molecule has 1 unspecified atom stereocenters. The number of benzene rings is 1. The lowest BCUT2D eigenvalue weighted by Crippen LogP contribution is -2.51. The van der Waals surface area contributed by atoms with Crippen molar-refractivity contribution >= 4 is 27.8 Å². The van der Waals surface area contributed by atoms with Crippen molar-refractivity contribution in [2.24, 2.45) is 0 Å². The first-order valence-corrected chi connectivity index (χ1v) is 6.41. The molecule has 0 saturated heterocycles. The zero-order chi connectivity index (χ0) is 13.9. The van der Waals surface area contributed by atoms with Crippen LogP contribution < -0.4 is 5.32 Å². The number of aryl methyl sites for hydroxylation is 1. The van der Waals surface area contributed by atoms with Gasteiger partial charge < -0.3 is 10.4 Å². The molecule has 0 heterocycles. The van der Waals surface area contributed by atoms with Gasteiger partial charge in [0.25, 0.3) is 5.91 Å². The molecule has 0 radical (unpaired) electrons. The number of amides is 1. The molecule has 18 heavy (non-hydrogen) atoms. The highest BCUT2D eigenvalue weighted by atomic mass is 79.9. The number of carbonyl (C=O) groups excluding carboxylic acids is 1. The maximum Gasteiger partial charge on any atom is 0.329 e. The molecule has 1 aromatic rings. The van der Waals surface area contributed by atoms with E-state index in [0.29, 0.717) is 12.0 Å². The van der Waals surface area contributed by atoms with Gasteiger partial charge in [-0.2, -0.15) is 0 Å². The Labute approximate surface area is 115 Å². The zero-order valence-electron chi connectivity index (χ0n) is 10.6. The summed E-state index contributed by atoms with van der Waals surface area (Å²) in [6, 6.07) is 5.15. The average Bonchev–Trinajstić information content (AvgIpc) is 2.32. The SMILES string of the molecule is CCC(C)(NC(=O)c1ccc(Br)c(C)c1)C(=O)O. The predicted molar refractivity (Wildman–Crippen MR) is 72.7 cm³/mol. The highest BCUT2D eigenvalue weighted by Crippen LogP contribution is 2.18. The van der Waals surface area contributed by atoms with Gasteiger partial charge in [-0.3, -0.25) is 4.79 Å². The van der Waals surface area contributed by atoms with Crippen molar-refractivity contribution in [1.82, 2.24) is 5.32 Å². The summed E-state index contributed by atoms with van der Waals surface area (Å²) in [6.07, 6.45) is 0.323. The Morgan fingerprint density at radius 2 is 2.06 bits per heavy atom. The lowest BCUT2D eigenvalue weighted by molar-refractivity contribution is -0.143. The van der Waals surface area contributed by atoms with E-state index in [1.54, 1.807) is 25.1 Å². The number of rotatable bonds is 4. The van der Waals surface area contributed by atoms with E-state index in [1.807, 2.05) is 6.92 Å². The third-order valence-electron chi connectivity index (χ3n) is 2.99. The van der Waals surface area contributed by atoms with Gasteiger partial charge in [-0.15, -0.1) is 0 Å². The molecule has 0 aliphatic heterocycles. The van der Waals surface area contributed by atoms with Gasteiger partial charge in [0, 0.05) is 10.0 Å². The lowest BCUT2D eigenvalue weighted by Gasteiger charge is -2.24. The molecule has 0 saturated carbocycles. The summed E-state index contributed by atoms with van der Waals surface area (Å²) in [7, 11) is 0. The van der Waals surface area contributed by atoms with Crippen molar-refractivity contribution in [3.8, 4) is 0 Å². The molecule has 0 aliphatic carbocycles. The van der Waals surface area contributed by atoms with Crippen molar-refractivity contribution in [3.05, 3.63) is 33.8 Å². The van der Waals surface area contributed by atoms with Gasteiger partial charge in [0.1, 0.15) is 5.54 Å². The molecular weight excluding hydrogens is 298 g/mol. The second kappa shape index (κ2) is 5.52. The number of nitrogens with one attached hydrogen (secondary N) is 1. The second-order valence-corrected chi connectivity index (χ2v) is 5.26. The number of carboxylic acid groups (broad SMARTS) is 1. The maximum atomic E-state index is 12.0. The van der Waals surface area contributed by atoms with Gasteiger partial charge >= 0.3 is 5.97 Å². The van der Waals surface area contributed by atoms with Crippen LogP contribution in [0.1, 0.15) is 36.2 Å². The third kappa shape index (κ3) is 3.10. The molecule has 1 aromatic carbocycles. The second-order valence-electron chi connectivity index (χ2n) is 4.41. The van der Waals surface area contributed by atoms with Crippen molar-refractivity contribution < 1.29 is 14.7 Å². The van der Waals surface area contributed by atoms with Crippen molar-refractivity contribution in [1.29, 1.82) is 0 Å². The van der Waals surface area contributed by atoms with Crippen molar-refractivity contribution in [2.45, 2.75) is 32.7 Å². The van der Waals surface area contributed by atoms with E-state index in [2.05, 4.69) is 21.2 Å². The van der Waals surface area contributed by atoms with Gasteiger partial charge in [-0.25, -0.2) is 4.79 Å². The number of hydrogen-bond acceptors (Lipinski definition) is 2. The summed E-state index contributed by atoms with van der Waals surface area (Å²) < 4.78 is 0.913. The Kier molecular flexibility index (Phi) is 4.51. The van der Waals surface area contributed by atoms with Crippen LogP contribution in [0.15, 0.2) is 22.7 Å². The molecule has 0 aliphatic rings. The van der Waals surface area contributed by atoms with Crippen molar-refractivity contribution in [2.75, 3.05) is 0 Å². The summed E-state index contributed by atoms with van der Waals surface area (Å²) in [6.45, 7) is 5.09. The summed E-state index contributed by atoms with van der Waals surface area (Å²) >= 11 is 3.35. The number of carbonyl (C=O) groups is 2. The highest BCUT2D eigenvalue weighted by Gasteiger charge is 2.32. The van der Waals surface area contributed by atoms with Crippen LogP contribution in [0.5, 0.6) is 0 Å². The van der Waals surface area contributed by atoms with Gasteiger partial charge in [0.05, 0.1) is 0 Å². The maximum absolute atomic E-state index is 12.0. The van der Waals surface area contributed by atoms with E-state index < -0.39 is 11.5 Å². The van der Waals surface area contributed by atoms with E-state index in [1.165, 1.54) is 6.92 Å². The van der Waals surface area contributed by atoms with Crippen LogP contribution in [0.4, 0.5) is 0 Å². The fourth-order valence-electron chi connectivity index (χ4n) is 1.40. The molecule has 4 nitrogen and oxygen atoms in total. The molecule has 1 atom stereocenters. The minimum absolute atomic E-state index is 0.323. The topological polar surface area (TPSA) is 66.4 Å². The quantitative estimate of drug-likeness (QED) is 0.898. The number of aliphatic carboxylic acids is 1. The number of carboxylic acids is 1. The molecule has 1 rings (SSSR count). The van der Waals surface area contributed by atoms with Crippen LogP contribution in [-0.4, -0.2) is 22.5 Å². The lowest BCUT2D eigenvalue weighted by atomic mass is 9.98. The minimum atomic E-state index is -1.24. The van der Waals surface area contributed by atoms with Crippen LogP contribution in [0, 0.1) is 6.92 Å². The Balaban J connectivity index is 2.95. The molecule has 0 bridgehead atoms. The van der Waals surface area contributed by atoms with Gasteiger partial charge in [0.15, 0.2) is 0 Å². The van der Waals surface area contributed by atoms with Gasteiger partial charge in [0.2, 0.25) is 0 Å². The number of halogens is 1. The summed E-state index contributed by atoms with van der Waals surface area (Å²) in [5.74, 6) is -1.41. The molecule has 2 N–H and O–H groups in total. The predicted octanol–water partition coefficient (Wildman–Crippen LogP) is 2.74. The highest BCUT2D eigenvalue weighted by molar-refractivity contribution is 9.10. The smallest absolute Gasteiger partial charge is 0.329 e. The van der Waals surface area contributed by atoms with Crippen LogP contribution in [0.2, 0.25) is 0 Å². The van der Waals surface area contributed by atoms with Gasteiger partial charge in [-0.05, 0) is 44.0 Å². The fraction of sp³-hybridized carbons (Fsp3) is 0.385. The molecule has 1 amide bonds. The Bertz CT molecular complexity index is 487. The fourth-order valence-corrected chi connectivity index (χ4v) is 1.65. The number of hydrogen-bond donors (Lipinski definition) is 2. The molecule has 0 spiro atoms. The molecule has 0 fully saturated rings. The van der Waals surface area contributed by atoms with Crippen LogP contribution >= 0.6 is 15.9 Å². The minimum Gasteiger partial charge on any atom is -0.480 e. The monoisotopic (exact) mass is 313 g/mol. The third-order valence-corrected chi connectivity index (χ3v) is 3.88. The van der Waals surface area contributed by atoms with Gasteiger partial charge in [-0.1, -0.05) is 22.9 Å². The van der Waals surface area contributed by atoms with Crippen LogP contribution in [0.3, 0.4) is 0 Å². The standard InChI is InChI=1S/C13H16BrNO3/c1-4-13(3,12(17)18)15-11(16)9-5-6-10(14)8(2)7-9/h5-7H,4H2,1-3H3,(H,15,16)(H,17,18). The van der Waals surface area contributed by atoms with E-state index in [-0.39, 0.29) is 5.91 Å². The summed E-state index contributed by atoms with van der Waals surface area (Å²) in [5, 5.41) is 11.7. The first kappa shape index (κ1) is 14.7. The molecular formula is C13H16BrNO3. The Morgan fingerprint density at radius 1 is 1.44 bits per heavy atom. The molecule has 5 heteroatoms. The van der Waals surface area contributed by atoms with E-state index in [9.17, 15) is 9.59 Å². The van der Waals surface area contributed by atoms with E-state index >= 15 is 0 Å². The average molecular weight is 314 g/mol. The normalized spacial score (nSPS) is 13.8. The van der Waals surface area contributed by atoms with Crippen molar-refractivity contribution in [3.63, 3.8) is 0 Å². The van der Waals surface area contributed by atoms with Crippen LogP contribution in [0.25, 0.3) is 0 Å². The largest absolute Gasteiger partial charge is 0.480 e. The molecule has 98 valence electrons. The first-order valence-electron chi connectivity index (χ1n) is 5.62. The van der Waals surface area contributed by atoms with E-state index in [4.69, 9.17) is 5.11 Å².